The van der Waals surface area contributed by atoms with E-state index in [-0.39, 0.29) is 34.4 Å². The molecule has 0 amide bonds. The van der Waals surface area contributed by atoms with Crippen LogP contribution < -0.4 is 15.5 Å². The van der Waals surface area contributed by atoms with Crippen molar-refractivity contribution in [2.45, 2.75) is 20.0 Å². The first-order chi connectivity index (χ1) is 11.4. The monoisotopic (exact) mass is 411 g/mol. The molecule has 26 heavy (non-hydrogen) atoms. The molecule has 0 bridgehead atoms. The average molecular weight is 412 g/mol. The first kappa shape index (κ1) is 26.3. The molecule has 0 unspecified atom stereocenters. The fraction of sp³-hybridized carbons (Fsp3) is 0.333. The number of rotatable bonds is 6. The summed E-state index contributed by atoms with van der Waals surface area (Å²) in [7, 11) is 0. The third kappa shape index (κ3) is 10.1. The second kappa shape index (κ2) is 14.2. The normalized spacial score (nSPS) is 11.0. The van der Waals surface area contributed by atoms with Gasteiger partial charge in [0.25, 0.3) is 0 Å². The number of carboxylic acid groups (broad SMARTS) is 1. The summed E-state index contributed by atoms with van der Waals surface area (Å²) in [6, 6.07) is 11.2. The number of aliphatic carboxylic acids is 1. The van der Waals surface area contributed by atoms with Crippen LogP contribution >= 0.6 is 0 Å². The van der Waals surface area contributed by atoms with Crippen LogP contribution in [-0.4, -0.2) is 48.5 Å². The zero-order valence-electron chi connectivity index (χ0n) is 14.7. The predicted octanol–water partition coefficient (Wildman–Crippen LogP) is -0.768. The van der Waals surface area contributed by atoms with Crippen molar-refractivity contribution < 1.29 is 42.7 Å². The summed E-state index contributed by atoms with van der Waals surface area (Å²) < 4.78 is 0. The molecule has 0 aliphatic heterocycles. The van der Waals surface area contributed by atoms with Gasteiger partial charge in [0.2, 0.25) is 0 Å². The number of aliphatic imine (C=N–C) groups is 1. The van der Waals surface area contributed by atoms with E-state index in [0.29, 0.717) is 25.2 Å². The first-order valence-electron chi connectivity index (χ1n) is 7.66. The molecule has 1 radical (unpaired) electrons. The maximum atomic E-state index is 11.9. The van der Waals surface area contributed by atoms with Gasteiger partial charge in [0.05, 0.1) is 12.6 Å². The summed E-state index contributed by atoms with van der Waals surface area (Å²) in [6.07, 6.45) is 1.29. The number of aliphatic hydroxyl groups is 1. The van der Waals surface area contributed by atoms with Gasteiger partial charge in [-0.1, -0.05) is 42.1 Å². The van der Waals surface area contributed by atoms with Crippen molar-refractivity contribution in [2.24, 2.45) is 4.99 Å². The van der Waals surface area contributed by atoms with Crippen LogP contribution in [0.15, 0.2) is 41.4 Å². The van der Waals surface area contributed by atoms with Crippen molar-refractivity contribution in [1.82, 2.24) is 5.32 Å². The van der Waals surface area contributed by atoms with Crippen LogP contribution in [0.5, 0.6) is 5.75 Å². The van der Waals surface area contributed by atoms with Gasteiger partial charge < -0.3 is 30.9 Å². The van der Waals surface area contributed by atoms with Gasteiger partial charge in [-0.25, -0.2) is 0 Å². The van der Waals surface area contributed by atoms with E-state index in [1.54, 1.807) is 19.2 Å². The Bertz CT molecular complexity index is 688. The summed E-state index contributed by atoms with van der Waals surface area (Å²) in [5, 5.41) is 34.9. The van der Waals surface area contributed by atoms with Gasteiger partial charge in [0.15, 0.2) is 0 Å². The molecule has 0 saturated heterocycles. The molecule has 0 spiro atoms. The summed E-state index contributed by atoms with van der Waals surface area (Å²) in [5.41, 5.74) is 0.638. The fourth-order valence-electron chi connectivity index (χ4n) is 2.02. The van der Waals surface area contributed by atoms with Gasteiger partial charge in [0.1, 0.15) is 0 Å². The standard InChI is InChI=1S/C16H20N2O2.C2H4O2.Cu.H2O/c1-12(19)10-17-8-9-18-11-15-14-5-3-2-4-13(14)6-7-16(15)20;1-2(3)4;;/h2-7,11-12,17,19-20H,8-10H2,1H3;1H3,(H,3,4);;1H2/q;;+2;/p-2/t12-;;;/m1.../s1. The molecule has 4 N–H and O–H groups in total. The number of carboxylic acids is 1. The smallest absolute Gasteiger partial charge is 0.872 e. The molecular formula is C18H24CuN2O5. The van der Waals surface area contributed by atoms with Gasteiger partial charge in [-0.05, 0) is 30.2 Å². The minimum Gasteiger partial charge on any atom is -0.872 e. The van der Waals surface area contributed by atoms with Gasteiger partial charge in [-0.3, -0.25) is 4.99 Å². The van der Waals surface area contributed by atoms with Gasteiger partial charge in [0, 0.05) is 25.3 Å². The van der Waals surface area contributed by atoms with E-state index < -0.39 is 5.97 Å². The molecule has 0 aliphatic rings. The van der Waals surface area contributed by atoms with Crippen molar-refractivity contribution in [3.63, 3.8) is 0 Å². The summed E-state index contributed by atoms with van der Waals surface area (Å²) in [4.78, 5) is 13.2. The van der Waals surface area contributed by atoms with E-state index >= 15 is 0 Å². The van der Waals surface area contributed by atoms with Crippen molar-refractivity contribution in [3.05, 3.63) is 42.0 Å². The van der Waals surface area contributed by atoms with Crippen LogP contribution in [0.25, 0.3) is 10.8 Å². The number of hydrogen-bond acceptors (Lipinski definition) is 6. The molecule has 0 aromatic heterocycles. The first-order valence-corrected chi connectivity index (χ1v) is 7.66. The zero-order chi connectivity index (χ0) is 17.9. The van der Waals surface area contributed by atoms with Crippen LogP contribution in [0, 0.1) is 0 Å². The summed E-state index contributed by atoms with van der Waals surface area (Å²) >= 11 is 0. The van der Waals surface area contributed by atoms with E-state index in [4.69, 9.17) is 15.0 Å². The average Bonchev–Trinajstić information content (AvgIpc) is 2.51. The van der Waals surface area contributed by atoms with Crippen molar-refractivity contribution >= 4 is 23.0 Å². The van der Waals surface area contributed by atoms with Gasteiger partial charge in [-0.15, -0.1) is 0 Å². The quantitative estimate of drug-likeness (QED) is 0.365. The Morgan fingerprint density at radius 1 is 1.31 bits per heavy atom. The molecule has 147 valence electrons. The van der Waals surface area contributed by atoms with Crippen LogP contribution in [0.3, 0.4) is 0 Å². The number of carbonyl (C=O) groups excluding carboxylic acids is 1. The number of aliphatic hydroxyl groups excluding tert-OH is 1. The predicted molar refractivity (Wildman–Crippen MR) is 94.7 cm³/mol. The van der Waals surface area contributed by atoms with Crippen LogP contribution in [0.1, 0.15) is 19.4 Å². The van der Waals surface area contributed by atoms with Crippen LogP contribution in [0.2, 0.25) is 0 Å². The molecule has 0 fully saturated rings. The summed E-state index contributed by atoms with van der Waals surface area (Å²) in [5.74, 6) is -1.09. The second-order valence-corrected chi connectivity index (χ2v) is 5.28. The van der Waals surface area contributed by atoms with Crippen LogP contribution in [-0.2, 0) is 21.9 Å². The van der Waals surface area contributed by atoms with Crippen molar-refractivity contribution in [3.8, 4) is 5.75 Å². The Balaban J connectivity index is 0. The van der Waals surface area contributed by atoms with Crippen LogP contribution in [0.4, 0.5) is 0 Å². The van der Waals surface area contributed by atoms with E-state index in [2.05, 4.69) is 10.3 Å². The second-order valence-electron chi connectivity index (χ2n) is 5.28. The minimum atomic E-state index is -1.08. The molecule has 1 atom stereocenters. The third-order valence-electron chi connectivity index (χ3n) is 3.01. The van der Waals surface area contributed by atoms with E-state index in [0.717, 1.165) is 17.7 Å². The van der Waals surface area contributed by atoms with E-state index in [1.807, 2.05) is 30.3 Å². The topological polar surface area (TPSA) is 139 Å². The Kier molecular flexibility index (Phi) is 14.4. The Labute approximate surface area is 163 Å². The molecular weight excluding hydrogens is 388 g/mol. The zero-order valence-corrected chi connectivity index (χ0v) is 15.6. The van der Waals surface area contributed by atoms with E-state index in [9.17, 15) is 5.11 Å². The molecule has 0 saturated carbocycles. The largest absolute Gasteiger partial charge is 2.00 e. The number of nitrogens with one attached hydrogen (secondary N) is 1. The number of benzene rings is 2. The molecule has 2 rings (SSSR count). The van der Waals surface area contributed by atoms with Crippen molar-refractivity contribution in [1.29, 1.82) is 0 Å². The number of fused-ring (bicyclic) bond motifs is 1. The molecule has 0 heterocycles. The summed E-state index contributed by atoms with van der Waals surface area (Å²) in [6.45, 7) is 4.52. The van der Waals surface area contributed by atoms with E-state index in [1.165, 1.54) is 0 Å². The fourth-order valence-corrected chi connectivity index (χ4v) is 2.02. The van der Waals surface area contributed by atoms with Gasteiger partial charge >= 0.3 is 17.1 Å². The molecule has 8 heteroatoms. The maximum absolute atomic E-state index is 11.9. The third-order valence-corrected chi connectivity index (χ3v) is 3.01. The number of nitrogens with zero attached hydrogens (tertiary/aromatic N) is 1. The molecule has 0 aliphatic carbocycles. The van der Waals surface area contributed by atoms with Crippen molar-refractivity contribution in [2.75, 3.05) is 19.6 Å². The Morgan fingerprint density at radius 2 is 1.92 bits per heavy atom. The molecule has 2 aromatic rings. The Morgan fingerprint density at radius 3 is 2.54 bits per heavy atom. The SMILES string of the molecule is CC(=O)[O-].C[C@@H](O)CNCCN=Cc1c([O-])ccc2ccccc12.O.[Cu+2]. The van der Waals surface area contributed by atoms with Gasteiger partial charge in [-0.2, -0.15) is 0 Å². The Hall–Kier alpha value is -1.96. The molecule has 2 aromatic carbocycles. The maximum Gasteiger partial charge on any atom is 2.00 e. The number of hydrogen-bond donors (Lipinski definition) is 2. The minimum absolute atomic E-state index is 0. The molecule has 7 nitrogen and oxygen atoms in total. The number of carbonyl (C=O) groups is 1.